The lowest BCUT2D eigenvalue weighted by Crippen LogP contribution is -2.30. The van der Waals surface area contributed by atoms with Gasteiger partial charge in [0.1, 0.15) is 5.75 Å². The van der Waals surface area contributed by atoms with Gasteiger partial charge < -0.3 is 14.2 Å². The molecule has 1 fully saturated rings. The highest BCUT2D eigenvalue weighted by molar-refractivity contribution is 5.90. The van der Waals surface area contributed by atoms with Crippen LogP contribution in [0.15, 0.2) is 72.4 Å². The maximum Gasteiger partial charge on any atom is 0.222 e. The molecule has 1 aliphatic carbocycles. The summed E-state index contributed by atoms with van der Waals surface area (Å²) in [5, 5.41) is 2.21. The molecule has 0 spiro atoms. The number of hydrogen-bond acceptors (Lipinski definition) is 3. The lowest BCUT2D eigenvalue weighted by Gasteiger charge is -2.32. The highest BCUT2D eigenvalue weighted by Gasteiger charge is 2.44. The number of ether oxygens (including phenoxy) is 3. The van der Waals surface area contributed by atoms with Crippen LogP contribution < -0.4 is 4.74 Å². The first-order valence-electron chi connectivity index (χ1n) is 8.22. The molecule has 0 amide bonds. The lowest BCUT2D eigenvalue weighted by molar-refractivity contribution is -0.135. The third-order valence-corrected chi connectivity index (χ3v) is 4.55. The van der Waals surface area contributed by atoms with Crippen molar-refractivity contribution in [3.05, 3.63) is 77.9 Å². The summed E-state index contributed by atoms with van der Waals surface area (Å²) in [6, 6.07) is 12.4. The first-order chi connectivity index (χ1) is 11.8. The Kier molecular flexibility index (Phi) is 3.97. The number of rotatable bonds is 3. The van der Waals surface area contributed by atoms with Crippen LogP contribution in [-0.2, 0) is 15.3 Å². The zero-order valence-electron chi connectivity index (χ0n) is 13.7. The van der Waals surface area contributed by atoms with Gasteiger partial charge in [0.25, 0.3) is 0 Å². The molecule has 1 heterocycles. The second kappa shape index (κ2) is 6.27. The average molecular weight is 320 g/mol. The fourth-order valence-corrected chi connectivity index (χ4v) is 3.47. The Morgan fingerprint density at radius 1 is 0.958 bits per heavy atom. The Hall–Kier alpha value is -2.36. The third-order valence-electron chi connectivity index (χ3n) is 4.55. The van der Waals surface area contributed by atoms with E-state index in [1.54, 1.807) is 7.11 Å². The van der Waals surface area contributed by atoms with Gasteiger partial charge in [-0.15, -0.1) is 0 Å². The van der Waals surface area contributed by atoms with E-state index in [1.807, 2.05) is 30.4 Å². The first-order valence-corrected chi connectivity index (χ1v) is 8.22. The molecule has 0 aromatic heterocycles. The molecular weight excluding hydrogens is 300 g/mol. The topological polar surface area (TPSA) is 27.7 Å². The first kappa shape index (κ1) is 15.2. The van der Waals surface area contributed by atoms with Crippen LogP contribution in [0.2, 0.25) is 0 Å². The second-order valence-corrected chi connectivity index (χ2v) is 5.89. The van der Waals surface area contributed by atoms with Gasteiger partial charge in [-0.2, -0.15) is 0 Å². The fourth-order valence-electron chi connectivity index (χ4n) is 3.47. The van der Waals surface area contributed by atoms with Crippen molar-refractivity contribution < 1.29 is 14.2 Å². The summed E-state index contributed by atoms with van der Waals surface area (Å²) in [5.41, 5.74) is 2.01. The fraction of sp³-hybridized carbons (Fsp3) is 0.238. The Morgan fingerprint density at radius 3 is 2.62 bits per heavy atom. The number of fused-ring (bicyclic) bond motifs is 1. The van der Waals surface area contributed by atoms with E-state index in [4.69, 9.17) is 14.2 Å². The zero-order valence-corrected chi connectivity index (χ0v) is 13.7. The summed E-state index contributed by atoms with van der Waals surface area (Å²) in [7, 11) is 1.70. The van der Waals surface area contributed by atoms with Crippen LogP contribution in [0, 0.1) is 0 Å². The average Bonchev–Trinajstić information content (AvgIpc) is 2.96. The Balaban J connectivity index is 1.94. The van der Waals surface area contributed by atoms with E-state index in [-0.39, 0.29) is 0 Å². The van der Waals surface area contributed by atoms with E-state index < -0.39 is 5.79 Å². The van der Waals surface area contributed by atoms with Crippen LogP contribution in [-0.4, -0.2) is 20.3 Å². The van der Waals surface area contributed by atoms with Crippen LogP contribution >= 0.6 is 0 Å². The molecule has 2 aromatic carbocycles. The number of benzene rings is 2. The van der Waals surface area contributed by atoms with Gasteiger partial charge in [-0.3, -0.25) is 0 Å². The van der Waals surface area contributed by atoms with E-state index in [2.05, 4.69) is 36.4 Å². The quantitative estimate of drug-likeness (QED) is 0.834. The minimum absolute atomic E-state index is 0.570. The molecular formula is C21H20O3. The minimum atomic E-state index is -0.881. The second-order valence-electron chi connectivity index (χ2n) is 5.89. The molecule has 1 saturated heterocycles. The van der Waals surface area contributed by atoms with Crippen LogP contribution in [0.5, 0.6) is 5.75 Å². The van der Waals surface area contributed by atoms with Crippen molar-refractivity contribution in [1.29, 1.82) is 0 Å². The van der Waals surface area contributed by atoms with Crippen LogP contribution in [0.25, 0.3) is 10.8 Å². The monoisotopic (exact) mass is 320 g/mol. The van der Waals surface area contributed by atoms with Crippen LogP contribution in [0.4, 0.5) is 0 Å². The van der Waals surface area contributed by atoms with Crippen molar-refractivity contribution in [3.8, 4) is 5.75 Å². The summed E-state index contributed by atoms with van der Waals surface area (Å²) < 4.78 is 18.1. The molecule has 3 nitrogen and oxygen atoms in total. The van der Waals surface area contributed by atoms with Crippen molar-refractivity contribution in [1.82, 2.24) is 0 Å². The van der Waals surface area contributed by atoms with Crippen molar-refractivity contribution in [2.24, 2.45) is 0 Å². The maximum atomic E-state index is 6.17. The smallest absolute Gasteiger partial charge is 0.222 e. The van der Waals surface area contributed by atoms with Crippen molar-refractivity contribution in [3.63, 3.8) is 0 Å². The molecule has 0 radical (unpaired) electrons. The van der Waals surface area contributed by atoms with E-state index in [0.717, 1.165) is 34.1 Å². The SMILES string of the molecule is COc1c(C2(C3=CC=CC=CC3)OCCO2)ccc2ccccc12. The minimum Gasteiger partial charge on any atom is -0.496 e. The Morgan fingerprint density at radius 2 is 1.79 bits per heavy atom. The Labute approximate surface area is 141 Å². The number of hydrogen-bond donors (Lipinski definition) is 0. The molecule has 122 valence electrons. The molecule has 2 aromatic rings. The Bertz CT molecular complexity index is 839. The molecule has 1 aliphatic heterocycles. The predicted molar refractivity (Wildman–Crippen MR) is 95.1 cm³/mol. The summed E-state index contributed by atoms with van der Waals surface area (Å²) in [4.78, 5) is 0. The van der Waals surface area contributed by atoms with Crippen molar-refractivity contribution in [2.75, 3.05) is 20.3 Å². The molecule has 2 aliphatic rings. The van der Waals surface area contributed by atoms with E-state index >= 15 is 0 Å². The molecule has 3 heteroatoms. The van der Waals surface area contributed by atoms with Gasteiger partial charge in [0, 0.05) is 5.39 Å². The van der Waals surface area contributed by atoms with E-state index in [9.17, 15) is 0 Å². The van der Waals surface area contributed by atoms with Gasteiger partial charge in [-0.25, -0.2) is 0 Å². The highest BCUT2D eigenvalue weighted by atomic mass is 16.7. The summed E-state index contributed by atoms with van der Waals surface area (Å²) in [6.07, 6.45) is 11.1. The van der Waals surface area contributed by atoms with Gasteiger partial charge >= 0.3 is 0 Å². The van der Waals surface area contributed by atoms with Crippen LogP contribution in [0.1, 0.15) is 12.0 Å². The van der Waals surface area contributed by atoms with Crippen molar-refractivity contribution in [2.45, 2.75) is 12.2 Å². The molecule has 4 rings (SSSR count). The summed E-state index contributed by atoms with van der Waals surface area (Å²) in [6.45, 7) is 1.14. The largest absolute Gasteiger partial charge is 0.496 e. The lowest BCUT2D eigenvalue weighted by atomic mass is 9.91. The summed E-state index contributed by atoms with van der Waals surface area (Å²) >= 11 is 0. The summed E-state index contributed by atoms with van der Waals surface area (Å²) in [5.74, 6) is -0.0675. The predicted octanol–water partition coefficient (Wildman–Crippen LogP) is 4.49. The number of methoxy groups -OCH3 is 1. The van der Waals surface area contributed by atoms with E-state index in [1.165, 1.54) is 0 Å². The standard InChI is InChI=1S/C21H20O3/c1-22-20-18-11-7-6-8-16(18)12-13-19(20)21(23-14-15-24-21)17-9-4-2-3-5-10-17/h2-9,11-13H,10,14-15H2,1H3. The third kappa shape index (κ3) is 2.37. The highest BCUT2D eigenvalue weighted by Crippen LogP contribution is 2.46. The maximum absolute atomic E-state index is 6.17. The molecule has 0 unspecified atom stereocenters. The zero-order chi connectivity index (χ0) is 16.4. The van der Waals surface area contributed by atoms with E-state index in [0.29, 0.717) is 13.2 Å². The molecule has 0 bridgehead atoms. The molecule has 0 N–H and O–H groups in total. The van der Waals surface area contributed by atoms with Gasteiger partial charge in [-0.1, -0.05) is 60.7 Å². The van der Waals surface area contributed by atoms with Crippen LogP contribution in [0.3, 0.4) is 0 Å². The number of allylic oxidation sites excluding steroid dienone is 5. The van der Waals surface area contributed by atoms with Gasteiger partial charge in [-0.05, 0) is 23.4 Å². The molecule has 24 heavy (non-hydrogen) atoms. The van der Waals surface area contributed by atoms with Crippen molar-refractivity contribution >= 4 is 10.8 Å². The molecule has 0 saturated carbocycles. The van der Waals surface area contributed by atoms with Gasteiger partial charge in [0.05, 0.1) is 25.9 Å². The molecule has 0 atom stereocenters. The van der Waals surface area contributed by atoms with Gasteiger partial charge in [0.2, 0.25) is 5.79 Å². The normalized spacial score (nSPS) is 19.3. The van der Waals surface area contributed by atoms with Gasteiger partial charge in [0.15, 0.2) is 0 Å².